The largest absolute Gasteiger partial charge is 0.480 e. The third kappa shape index (κ3) is 6.04. The van der Waals surface area contributed by atoms with Crippen LogP contribution in [0.15, 0.2) is 30.3 Å². The van der Waals surface area contributed by atoms with Gasteiger partial charge in [-0.3, -0.25) is 14.9 Å². The van der Waals surface area contributed by atoms with Gasteiger partial charge >= 0.3 is 11.9 Å². The normalized spacial score (nSPS) is 24.8. The highest BCUT2D eigenvalue weighted by atomic mass is 32.2. The number of fused-ring (bicyclic) bond motifs is 1. The summed E-state index contributed by atoms with van der Waals surface area (Å²) >= 11 is 1.87. The zero-order chi connectivity index (χ0) is 23.1. The summed E-state index contributed by atoms with van der Waals surface area (Å²) in [5.41, 5.74) is 1.10. The van der Waals surface area contributed by atoms with Gasteiger partial charge in [0.05, 0.1) is 12.6 Å². The molecule has 176 valence electrons. The summed E-state index contributed by atoms with van der Waals surface area (Å²) in [6, 6.07) is 7.68. The lowest BCUT2D eigenvalue weighted by Crippen LogP contribution is -2.62. The first-order valence-corrected chi connectivity index (χ1v) is 12.7. The van der Waals surface area contributed by atoms with Crippen molar-refractivity contribution < 1.29 is 24.2 Å². The van der Waals surface area contributed by atoms with E-state index in [1.54, 1.807) is 18.7 Å². The second-order valence-electron chi connectivity index (χ2n) is 8.59. The first-order valence-electron chi connectivity index (χ1n) is 11.5. The van der Waals surface area contributed by atoms with Crippen molar-refractivity contribution in [1.82, 2.24) is 10.2 Å². The van der Waals surface area contributed by atoms with Crippen LogP contribution in [0.1, 0.15) is 45.1 Å². The second kappa shape index (κ2) is 11.7. The Morgan fingerprint density at radius 2 is 1.97 bits per heavy atom. The molecule has 0 radical (unpaired) electrons. The molecule has 1 amide bonds. The van der Waals surface area contributed by atoms with Crippen molar-refractivity contribution in [3.05, 3.63) is 35.9 Å². The van der Waals surface area contributed by atoms with E-state index < -0.39 is 24.1 Å². The van der Waals surface area contributed by atoms with Crippen LogP contribution in [0.5, 0.6) is 0 Å². The molecule has 3 unspecified atom stereocenters. The maximum absolute atomic E-state index is 13.5. The maximum atomic E-state index is 13.5. The summed E-state index contributed by atoms with van der Waals surface area (Å²) in [7, 11) is 0. The number of nitrogens with zero attached hydrogens (tertiary/aromatic N) is 1. The van der Waals surface area contributed by atoms with E-state index >= 15 is 0 Å². The van der Waals surface area contributed by atoms with Gasteiger partial charge in [0.2, 0.25) is 5.91 Å². The van der Waals surface area contributed by atoms with Crippen molar-refractivity contribution in [2.24, 2.45) is 5.92 Å². The van der Waals surface area contributed by atoms with Gasteiger partial charge in [-0.15, -0.1) is 0 Å². The number of carbonyl (C=O) groups is 3. The molecule has 0 bridgehead atoms. The van der Waals surface area contributed by atoms with E-state index in [4.69, 9.17) is 4.74 Å². The van der Waals surface area contributed by atoms with E-state index in [2.05, 4.69) is 5.32 Å². The minimum atomic E-state index is -0.951. The molecule has 2 aliphatic heterocycles. The van der Waals surface area contributed by atoms with Crippen LogP contribution < -0.4 is 5.32 Å². The molecule has 2 N–H and O–H groups in total. The Kier molecular flexibility index (Phi) is 8.99. The van der Waals surface area contributed by atoms with Crippen LogP contribution in [0, 0.1) is 5.92 Å². The molecule has 8 heteroatoms. The van der Waals surface area contributed by atoms with Gasteiger partial charge in [0, 0.05) is 6.04 Å². The van der Waals surface area contributed by atoms with Crippen LogP contribution in [-0.2, 0) is 25.5 Å². The number of hydrogen-bond donors (Lipinski definition) is 2. The average Bonchev–Trinajstić information content (AvgIpc) is 2.81. The van der Waals surface area contributed by atoms with Crippen LogP contribution in [0.25, 0.3) is 0 Å². The molecule has 0 aromatic heterocycles. The Morgan fingerprint density at radius 3 is 2.66 bits per heavy atom. The third-order valence-electron chi connectivity index (χ3n) is 6.43. The van der Waals surface area contributed by atoms with Crippen LogP contribution in [0.4, 0.5) is 0 Å². The van der Waals surface area contributed by atoms with Gasteiger partial charge in [0.25, 0.3) is 0 Å². The number of carboxylic acids is 1. The van der Waals surface area contributed by atoms with Crippen LogP contribution >= 0.6 is 11.8 Å². The summed E-state index contributed by atoms with van der Waals surface area (Å²) in [5.74, 6) is 0.649. The summed E-state index contributed by atoms with van der Waals surface area (Å²) in [6.45, 7) is 3.74. The molecular formula is C24H34N2O5S. The Balaban J connectivity index is 1.72. The van der Waals surface area contributed by atoms with Crippen LogP contribution in [0.3, 0.4) is 0 Å². The lowest BCUT2D eigenvalue weighted by molar-refractivity contribution is -0.158. The van der Waals surface area contributed by atoms with Crippen molar-refractivity contribution in [3.8, 4) is 0 Å². The van der Waals surface area contributed by atoms with E-state index in [1.807, 2.05) is 42.1 Å². The molecule has 2 fully saturated rings. The first kappa shape index (κ1) is 24.6. The van der Waals surface area contributed by atoms with Crippen LogP contribution in [-0.4, -0.2) is 70.1 Å². The van der Waals surface area contributed by atoms with Gasteiger partial charge < -0.3 is 14.7 Å². The van der Waals surface area contributed by atoms with Crippen molar-refractivity contribution in [1.29, 1.82) is 0 Å². The molecule has 32 heavy (non-hydrogen) atoms. The lowest BCUT2D eigenvalue weighted by atomic mass is 9.84. The minimum absolute atomic E-state index is 0.0480. The number of benzene rings is 1. The van der Waals surface area contributed by atoms with Gasteiger partial charge in [-0.05, 0) is 68.9 Å². The molecule has 0 saturated carbocycles. The van der Waals surface area contributed by atoms with Gasteiger partial charge in [0.15, 0.2) is 0 Å². The minimum Gasteiger partial charge on any atom is -0.480 e. The fourth-order valence-corrected chi connectivity index (χ4v) is 6.06. The SMILES string of the molecule is CCOC(=O)C(CCc1ccccc1)N[C@@H](C)C(=O)N1C2CCSCC2CC[C@H]1C(=O)O. The van der Waals surface area contributed by atoms with E-state index in [0.717, 1.165) is 29.9 Å². The molecular weight excluding hydrogens is 428 g/mol. The van der Waals surface area contributed by atoms with E-state index in [-0.39, 0.29) is 24.5 Å². The summed E-state index contributed by atoms with van der Waals surface area (Å²) < 4.78 is 5.24. The number of hydrogen-bond acceptors (Lipinski definition) is 6. The van der Waals surface area contributed by atoms with Gasteiger partial charge in [0.1, 0.15) is 12.1 Å². The predicted molar refractivity (Wildman–Crippen MR) is 125 cm³/mol. The third-order valence-corrected chi connectivity index (χ3v) is 7.62. The zero-order valence-electron chi connectivity index (χ0n) is 18.9. The summed E-state index contributed by atoms with van der Waals surface area (Å²) in [6.07, 6.45) is 3.29. The molecule has 2 aliphatic rings. The number of likely N-dealkylation sites (tertiary alicyclic amines) is 1. The predicted octanol–water partition coefficient (Wildman–Crippen LogP) is 2.73. The number of rotatable bonds is 9. The molecule has 0 spiro atoms. The number of piperidine rings is 1. The smallest absolute Gasteiger partial charge is 0.326 e. The number of aryl methyl sites for hydroxylation is 1. The molecule has 3 rings (SSSR count). The van der Waals surface area contributed by atoms with Crippen molar-refractivity contribution >= 4 is 29.6 Å². The lowest BCUT2D eigenvalue weighted by Gasteiger charge is -2.47. The molecule has 7 nitrogen and oxygen atoms in total. The topological polar surface area (TPSA) is 95.9 Å². The fourth-order valence-electron chi connectivity index (χ4n) is 4.79. The van der Waals surface area contributed by atoms with Crippen LogP contribution in [0.2, 0.25) is 0 Å². The number of esters is 1. The van der Waals surface area contributed by atoms with Gasteiger partial charge in [-0.25, -0.2) is 4.79 Å². The monoisotopic (exact) mass is 462 g/mol. The number of ether oxygens (including phenoxy) is 1. The molecule has 1 aromatic rings. The summed E-state index contributed by atoms with van der Waals surface area (Å²) in [4.78, 5) is 39.6. The van der Waals surface area contributed by atoms with Crippen molar-refractivity contribution in [2.45, 2.75) is 70.1 Å². The van der Waals surface area contributed by atoms with Crippen molar-refractivity contribution in [2.75, 3.05) is 18.1 Å². The molecule has 2 saturated heterocycles. The molecule has 0 aliphatic carbocycles. The Morgan fingerprint density at radius 1 is 1.22 bits per heavy atom. The number of carbonyl (C=O) groups excluding carboxylic acids is 2. The van der Waals surface area contributed by atoms with E-state index in [9.17, 15) is 19.5 Å². The van der Waals surface area contributed by atoms with Gasteiger partial charge in [-0.2, -0.15) is 11.8 Å². The molecule has 2 heterocycles. The second-order valence-corrected chi connectivity index (χ2v) is 9.74. The summed E-state index contributed by atoms with van der Waals surface area (Å²) in [5, 5.41) is 12.9. The number of thioether (sulfide) groups is 1. The number of amides is 1. The fraction of sp³-hybridized carbons (Fsp3) is 0.625. The van der Waals surface area contributed by atoms with E-state index in [0.29, 0.717) is 25.2 Å². The zero-order valence-corrected chi connectivity index (χ0v) is 19.7. The highest BCUT2D eigenvalue weighted by Gasteiger charge is 2.45. The molecule has 5 atom stereocenters. The highest BCUT2D eigenvalue weighted by Crippen LogP contribution is 2.37. The maximum Gasteiger partial charge on any atom is 0.326 e. The standard InChI is InChI=1S/C24H34N2O5S/c1-3-31-24(30)19(11-9-17-7-5-4-6-8-17)25-16(2)22(27)26-20-13-14-32-15-18(20)10-12-21(26)23(28)29/h4-8,16,18-21,25H,3,9-15H2,1-2H3,(H,28,29)/t16-,18?,19?,20?,21-/m0/s1. The first-order chi connectivity index (χ1) is 15.4. The quantitative estimate of drug-likeness (QED) is 0.545. The average molecular weight is 463 g/mol. The number of aliphatic carboxylic acids is 1. The Bertz CT molecular complexity index is 790. The Hall–Kier alpha value is -2.06. The van der Waals surface area contributed by atoms with Gasteiger partial charge in [-0.1, -0.05) is 30.3 Å². The van der Waals surface area contributed by atoms with Crippen molar-refractivity contribution in [3.63, 3.8) is 0 Å². The molecule has 1 aromatic carbocycles. The number of nitrogens with one attached hydrogen (secondary N) is 1. The Labute approximate surface area is 194 Å². The van der Waals surface area contributed by atoms with E-state index in [1.165, 1.54) is 0 Å². The number of carboxylic acid groups (broad SMARTS) is 1. The highest BCUT2D eigenvalue weighted by molar-refractivity contribution is 7.99.